The second-order valence-corrected chi connectivity index (χ2v) is 8.87. The smallest absolute Gasteiger partial charge is 0.335 e. The highest BCUT2D eigenvalue weighted by molar-refractivity contribution is 5.87. The van der Waals surface area contributed by atoms with Gasteiger partial charge in [-0.2, -0.15) is 0 Å². The first kappa shape index (κ1) is 27.5. The molecule has 0 amide bonds. The maximum absolute atomic E-state index is 11.2. The van der Waals surface area contributed by atoms with Gasteiger partial charge in [-0.3, -0.25) is 4.79 Å². The predicted molar refractivity (Wildman–Crippen MR) is 144 cm³/mol. The second kappa shape index (κ2) is 15.1. The summed E-state index contributed by atoms with van der Waals surface area (Å²) < 4.78 is 11.8. The number of hydrogen-bond acceptors (Lipinski definition) is 4. The minimum absolute atomic E-state index is 0.161. The van der Waals surface area contributed by atoms with Crippen molar-refractivity contribution < 1.29 is 29.3 Å². The number of ether oxygens (including phenoxy) is 2. The molecule has 3 aromatic carbocycles. The van der Waals surface area contributed by atoms with Crippen molar-refractivity contribution in [1.82, 2.24) is 0 Å². The van der Waals surface area contributed by atoms with E-state index in [0.717, 1.165) is 48.3 Å². The summed E-state index contributed by atoms with van der Waals surface area (Å²) in [6.07, 6.45) is 8.12. The van der Waals surface area contributed by atoms with Crippen LogP contribution in [0, 0.1) is 5.92 Å². The molecule has 1 unspecified atom stereocenters. The highest BCUT2D eigenvalue weighted by atomic mass is 16.5. The number of carboxylic acid groups (broad SMARTS) is 2. The molecular formula is C31H34O6. The third-order valence-electron chi connectivity index (χ3n) is 5.94. The summed E-state index contributed by atoms with van der Waals surface area (Å²) in [5.41, 5.74) is 2.28. The normalized spacial score (nSPS) is 11.8. The third-order valence-corrected chi connectivity index (χ3v) is 5.94. The van der Waals surface area contributed by atoms with E-state index in [9.17, 15) is 9.59 Å². The molecule has 2 N–H and O–H groups in total. The molecule has 0 bridgehead atoms. The van der Waals surface area contributed by atoms with Crippen LogP contribution in [0.25, 0.3) is 6.08 Å². The topological polar surface area (TPSA) is 93.1 Å². The molecule has 0 spiro atoms. The maximum atomic E-state index is 11.2. The van der Waals surface area contributed by atoms with E-state index < -0.39 is 11.9 Å². The van der Waals surface area contributed by atoms with Gasteiger partial charge in [0, 0.05) is 18.4 Å². The Hall–Kier alpha value is -4.06. The summed E-state index contributed by atoms with van der Waals surface area (Å²) >= 11 is 0. The number of aliphatic carboxylic acids is 1. The van der Waals surface area contributed by atoms with Crippen molar-refractivity contribution in [1.29, 1.82) is 0 Å². The highest BCUT2D eigenvalue weighted by Gasteiger charge is 2.10. The van der Waals surface area contributed by atoms with Gasteiger partial charge < -0.3 is 19.7 Å². The van der Waals surface area contributed by atoms with E-state index in [1.807, 2.05) is 66.7 Å². The Morgan fingerprint density at radius 1 is 0.784 bits per heavy atom. The molecule has 3 rings (SSSR count). The van der Waals surface area contributed by atoms with E-state index >= 15 is 0 Å². The van der Waals surface area contributed by atoms with Crippen molar-refractivity contribution in [2.24, 2.45) is 5.92 Å². The molecule has 194 valence electrons. The summed E-state index contributed by atoms with van der Waals surface area (Å²) in [5.74, 6) is 0.0972. The van der Waals surface area contributed by atoms with Gasteiger partial charge in [-0.05, 0) is 61.1 Å². The number of aromatic carboxylic acids is 1. The first-order valence-corrected chi connectivity index (χ1v) is 12.6. The van der Waals surface area contributed by atoms with Crippen molar-refractivity contribution in [3.63, 3.8) is 0 Å². The van der Waals surface area contributed by atoms with E-state index in [4.69, 9.17) is 19.7 Å². The fourth-order valence-electron chi connectivity index (χ4n) is 3.97. The number of hydrogen-bond donors (Lipinski definition) is 2. The van der Waals surface area contributed by atoms with Crippen LogP contribution < -0.4 is 9.47 Å². The van der Waals surface area contributed by atoms with Crippen LogP contribution in [0.4, 0.5) is 0 Å². The van der Waals surface area contributed by atoms with Crippen molar-refractivity contribution in [3.05, 3.63) is 102 Å². The van der Waals surface area contributed by atoms with E-state index in [-0.39, 0.29) is 17.9 Å². The Labute approximate surface area is 218 Å². The van der Waals surface area contributed by atoms with Crippen molar-refractivity contribution in [3.8, 4) is 11.5 Å². The lowest BCUT2D eigenvalue weighted by molar-refractivity contribution is -0.137. The van der Waals surface area contributed by atoms with Crippen LogP contribution in [0.5, 0.6) is 11.5 Å². The second-order valence-electron chi connectivity index (χ2n) is 8.87. The van der Waals surface area contributed by atoms with Gasteiger partial charge >= 0.3 is 11.9 Å². The average molecular weight is 503 g/mol. The van der Waals surface area contributed by atoms with E-state index in [0.29, 0.717) is 19.6 Å². The summed E-state index contributed by atoms with van der Waals surface area (Å²) in [7, 11) is 0. The average Bonchev–Trinajstić information content (AvgIpc) is 2.90. The monoisotopic (exact) mass is 502 g/mol. The van der Waals surface area contributed by atoms with Crippen LogP contribution in [-0.4, -0.2) is 35.4 Å². The van der Waals surface area contributed by atoms with Gasteiger partial charge in [0.15, 0.2) is 0 Å². The molecule has 0 saturated heterocycles. The Kier molecular flexibility index (Phi) is 11.3. The predicted octanol–water partition coefficient (Wildman–Crippen LogP) is 6.75. The molecule has 0 radical (unpaired) electrons. The first-order chi connectivity index (χ1) is 18.0. The van der Waals surface area contributed by atoms with Gasteiger partial charge in [-0.25, -0.2) is 4.79 Å². The number of unbranched alkanes of at least 4 members (excludes halogenated alkanes) is 1. The van der Waals surface area contributed by atoms with Crippen molar-refractivity contribution in [2.45, 2.75) is 38.5 Å². The standard InChI is InChI=1S/C31H34O6/c32-30(33)14-7-4-9-24(23-25-16-19-27(20-17-25)31(34)35)15-18-26-10-5-6-13-29(26)37-22-8-21-36-28-11-2-1-3-12-28/h1-3,5-6,10-13,15-20,24H,4,7-9,14,21-23H2,(H,32,33)(H,34,35)/b18-15+. The molecule has 37 heavy (non-hydrogen) atoms. The molecule has 0 aliphatic heterocycles. The molecule has 0 heterocycles. The minimum Gasteiger partial charge on any atom is -0.493 e. The highest BCUT2D eigenvalue weighted by Crippen LogP contribution is 2.24. The van der Waals surface area contributed by atoms with Crippen LogP contribution in [0.2, 0.25) is 0 Å². The Morgan fingerprint density at radius 3 is 2.22 bits per heavy atom. The van der Waals surface area contributed by atoms with Gasteiger partial charge in [0.25, 0.3) is 0 Å². The number of para-hydroxylation sites is 2. The Morgan fingerprint density at radius 2 is 1.49 bits per heavy atom. The fourth-order valence-corrected chi connectivity index (χ4v) is 3.97. The van der Waals surface area contributed by atoms with Crippen molar-refractivity contribution in [2.75, 3.05) is 13.2 Å². The lowest BCUT2D eigenvalue weighted by Gasteiger charge is -2.14. The van der Waals surface area contributed by atoms with Gasteiger partial charge in [0.2, 0.25) is 0 Å². The summed E-state index contributed by atoms with van der Waals surface area (Å²) in [4.78, 5) is 22.0. The molecule has 0 aromatic heterocycles. The summed E-state index contributed by atoms with van der Waals surface area (Å²) in [6, 6.07) is 24.5. The zero-order valence-electron chi connectivity index (χ0n) is 20.9. The molecule has 1 atom stereocenters. The number of rotatable bonds is 16. The summed E-state index contributed by atoms with van der Waals surface area (Å²) in [5, 5.41) is 18.1. The lowest BCUT2D eigenvalue weighted by Crippen LogP contribution is -2.06. The molecular weight excluding hydrogens is 468 g/mol. The first-order valence-electron chi connectivity index (χ1n) is 12.6. The van der Waals surface area contributed by atoms with Crippen LogP contribution in [0.1, 0.15) is 53.6 Å². The van der Waals surface area contributed by atoms with E-state index in [1.165, 1.54) is 0 Å². The molecule has 6 heteroatoms. The van der Waals surface area contributed by atoms with Crippen LogP contribution in [0.15, 0.2) is 84.9 Å². The minimum atomic E-state index is -0.945. The molecule has 0 aliphatic carbocycles. The third kappa shape index (κ3) is 10.2. The molecule has 0 fully saturated rings. The van der Waals surface area contributed by atoms with Crippen molar-refractivity contribution >= 4 is 18.0 Å². The van der Waals surface area contributed by atoms with Crippen LogP contribution in [-0.2, 0) is 11.2 Å². The lowest BCUT2D eigenvalue weighted by atomic mass is 9.92. The van der Waals surface area contributed by atoms with Crippen LogP contribution >= 0.6 is 0 Å². The number of carboxylic acids is 2. The van der Waals surface area contributed by atoms with Gasteiger partial charge in [-0.15, -0.1) is 0 Å². The Bertz CT molecular complexity index is 1140. The largest absolute Gasteiger partial charge is 0.493 e. The van der Waals surface area contributed by atoms with E-state index in [1.54, 1.807) is 12.1 Å². The zero-order valence-corrected chi connectivity index (χ0v) is 20.9. The van der Waals surface area contributed by atoms with Crippen LogP contribution in [0.3, 0.4) is 0 Å². The number of carbonyl (C=O) groups is 2. The summed E-state index contributed by atoms with van der Waals surface area (Å²) in [6.45, 7) is 1.10. The van der Waals surface area contributed by atoms with Gasteiger partial charge in [0.05, 0.1) is 18.8 Å². The quantitative estimate of drug-likeness (QED) is 0.211. The van der Waals surface area contributed by atoms with Gasteiger partial charge in [0.1, 0.15) is 11.5 Å². The molecule has 6 nitrogen and oxygen atoms in total. The molecule has 3 aromatic rings. The van der Waals surface area contributed by atoms with Gasteiger partial charge in [-0.1, -0.05) is 67.1 Å². The molecule has 0 saturated carbocycles. The SMILES string of the molecule is O=C(O)CCCCC(/C=C/c1ccccc1OCCCOc1ccccc1)Cc1ccc(C(=O)O)cc1. The number of allylic oxidation sites excluding steroid dienone is 1. The fraction of sp³-hybridized carbons (Fsp3) is 0.290. The maximum Gasteiger partial charge on any atom is 0.335 e. The number of benzene rings is 3. The van der Waals surface area contributed by atoms with E-state index in [2.05, 4.69) is 12.2 Å². The Balaban J connectivity index is 1.59. The molecule has 0 aliphatic rings. The zero-order chi connectivity index (χ0) is 26.3.